The molecule has 2 atom stereocenters. The number of aromatic nitrogens is 2. The number of hydrogen-bond donors (Lipinski definition) is 1. The van der Waals surface area contributed by atoms with E-state index < -0.39 is 0 Å². The van der Waals surface area contributed by atoms with Crippen molar-refractivity contribution < 1.29 is 4.79 Å². The smallest absolute Gasteiger partial charge is 0.225 e. The molecule has 172 valence electrons. The summed E-state index contributed by atoms with van der Waals surface area (Å²) in [6, 6.07) is 1.84. The van der Waals surface area contributed by atoms with Crippen molar-refractivity contribution in [3.8, 4) is 0 Å². The van der Waals surface area contributed by atoms with Gasteiger partial charge in [-0.3, -0.25) is 9.69 Å². The lowest BCUT2D eigenvalue weighted by molar-refractivity contribution is -0.124. The Morgan fingerprint density at radius 2 is 1.65 bits per heavy atom. The highest BCUT2D eigenvalue weighted by molar-refractivity contribution is 5.81. The van der Waals surface area contributed by atoms with E-state index in [1.54, 1.807) is 0 Å². The van der Waals surface area contributed by atoms with Crippen molar-refractivity contribution in [2.24, 2.45) is 5.92 Å². The molecule has 0 radical (unpaired) electrons. The van der Waals surface area contributed by atoms with Gasteiger partial charge < -0.3 is 10.2 Å². The molecule has 1 N–H and O–H groups in total. The molecule has 5 rings (SSSR count). The lowest BCUT2D eigenvalue weighted by Gasteiger charge is -2.42. The number of piperazine rings is 1. The largest absolute Gasteiger partial charge is 0.332 e. The highest BCUT2D eigenvalue weighted by Gasteiger charge is 2.41. The minimum atomic E-state index is 0.458. The lowest BCUT2D eigenvalue weighted by Crippen LogP contribution is -2.56. The van der Waals surface area contributed by atoms with E-state index in [4.69, 9.17) is 9.97 Å². The first-order chi connectivity index (χ1) is 15.1. The molecule has 4 heterocycles. The fourth-order valence-electron chi connectivity index (χ4n) is 5.53. The Hall–Kier alpha value is -1.53. The number of nitrogens with one attached hydrogen (secondary N) is 1. The van der Waals surface area contributed by atoms with E-state index in [0.29, 0.717) is 35.7 Å². The van der Waals surface area contributed by atoms with Crippen molar-refractivity contribution in [1.29, 1.82) is 0 Å². The summed E-state index contributed by atoms with van der Waals surface area (Å²) in [5.41, 5.74) is 1.32. The van der Waals surface area contributed by atoms with E-state index in [9.17, 15) is 4.79 Å². The second-order valence-electron chi connectivity index (χ2n) is 10.1. The number of ketones is 1. The van der Waals surface area contributed by atoms with E-state index in [1.807, 2.05) is 6.92 Å². The van der Waals surface area contributed by atoms with Crippen LogP contribution in [-0.4, -0.2) is 65.0 Å². The monoisotopic (exact) mass is 427 g/mol. The van der Waals surface area contributed by atoms with Crippen molar-refractivity contribution in [2.45, 2.75) is 96.2 Å². The Morgan fingerprint density at radius 3 is 2.10 bits per heavy atom. The minimum Gasteiger partial charge on any atom is -0.332 e. The number of carbonyl (C=O) groups is 1. The van der Waals surface area contributed by atoms with Crippen LogP contribution >= 0.6 is 0 Å². The Balaban J connectivity index is 0.000000245. The van der Waals surface area contributed by atoms with Crippen molar-refractivity contribution in [3.05, 3.63) is 18.0 Å². The molecule has 3 saturated heterocycles. The molecule has 1 aliphatic carbocycles. The molecule has 4 fully saturated rings. The number of likely N-dealkylation sites (tertiary alicyclic amines) is 1. The van der Waals surface area contributed by atoms with Gasteiger partial charge in [0.2, 0.25) is 5.95 Å². The summed E-state index contributed by atoms with van der Waals surface area (Å²) in [5.74, 6) is 2.52. The zero-order valence-corrected chi connectivity index (χ0v) is 19.7. The average molecular weight is 428 g/mol. The Bertz CT molecular complexity index is 697. The molecule has 0 spiro atoms. The van der Waals surface area contributed by atoms with Crippen LogP contribution in [0.5, 0.6) is 0 Å². The van der Waals surface area contributed by atoms with Crippen molar-refractivity contribution >= 4 is 11.7 Å². The topological polar surface area (TPSA) is 61.4 Å². The zero-order valence-electron chi connectivity index (χ0n) is 19.7. The van der Waals surface area contributed by atoms with Gasteiger partial charge in [0.05, 0.1) is 0 Å². The SMILES string of the molecule is CC(C)N1CC2CCC(C1)N2c1ncc(C2CCNCC2)cn1.CCC(=O)C1CCC1. The molecule has 0 amide bonds. The highest BCUT2D eigenvalue weighted by atomic mass is 16.1. The maximum atomic E-state index is 10.8. The van der Waals surface area contributed by atoms with Gasteiger partial charge in [-0.2, -0.15) is 0 Å². The third-order valence-corrected chi connectivity index (χ3v) is 7.85. The van der Waals surface area contributed by atoms with E-state index in [-0.39, 0.29) is 0 Å². The maximum absolute atomic E-state index is 10.8. The molecule has 31 heavy (non-hydrogen) atoms. The summed E-state index contributed by atoms with van der Waals surface area (Å²) in [7, 11) is 0. The molecular formula is C25H41N5O. The number of nitrogens with zero attached hydrogens (tertiary/aromatic N) is 4. The molecule has 0 aromatic carbocycles. The third-order valence-electron chi connectivity index (χ3n) is 7.85. The quantitative estimate of drug-likeness (QED) is 0.772. The van der Waals surface area contributed by atoms with Crippen molar-refractivity contribution in [3.63, 3.8) is 0 Å². The van der Waals surface area contributed by atoms with Gasteiger partial charge in [-0.1, -0.05) is 13.3 Å². The van der Waals surface area contributed by atoms with Gasteiger partial charge in [0.1, 0.15) is 5.78 Å². The van der Waals surface area contributed by atoms with E-state index in [1.165, 1.54) is 37.7 Å². The Kier molecular flexibility index (Phi) is 7.59. The van der Waals surface area contributed by atoms with Crippen LogP contribution in [-0.2, 0) is 4.79 Å². The molecular weight excluding hydrogens is 386 g/mol. The maximum Gasteiger partial charge on any atom is 0.225 e. The van der Waals surface area contributed by atoms with E-state index >= 15 is 0 Å². The summed E-state index contributed by atoms with van der Waals surface area (Å²) in [6.07, 6.45) is 13.5. The second kappa shape index (κ2) is 10.4. The summed E-state index contributed by atoms with van der Waals surface area (Å²) in [5, 5.41) is 3.43. The number of rotatable bonds is 5. The van der Waals surface area contributed by atoms with Crippen LogP contribution < -0.4 is 10.2 Å². The van der Waals surface area contributed by atoms with Gasteiger partial charge in [0.15, 0.2) is 0 Å². The Morgan fingerprint density at radius 1 is 1.03 bits per heavy atom. The fourth-order valence-corrected chi connectivity index (χ4v) is 5.53. The van der Waals surface area contributed by atoms with Gasteiger partial charge in [-0.15, -0.1) is 0 Å². The van der Waals surface area contributed by atoms with Gasteiger partial charge in [-0.25, -0.2) is 9.97 Å². The minimum absolute atomic E-state index is 0.458. The molecule has 4 aliphatic rings. The third kappa shape index (κ3) is 5.28. The standard InChI is InChI=1S/C18H29N5.C7H12O/c1-13(2)22-11-16-3-4-17(12-22)23(16)18-20-9-15(10-21-18)14-5-7-19-8-6-14;1-2-7(8)6-4-3-5-6/h9-10,13-14,16-17,19H,3-8,11-12H2,1-2H3;6H,2-5H2,1H3. The van der Waals surface area contributed by atoms with Gasteiger partial charge in [0.25, 0.3) is 0 Å². The van der Waals surface area contributed by atoms with Crippen LogP contribution in [0.3, 0.4) is 0 Å². The molecule has 1 aromatic rings. The van der Waals surface area contributed by atoms with Crippen LogP contribution in [0.25, 0.3) is 0 Å². The highest BCUT2D eigenvalue weighted by Crippen LogP contribution is 2.34. The fraction of sp³-hybridized carbons (Fsp3) is 0.800. The first kappa shape index (κ1) is 22.7. The number of piperidine rings is 1. The normalized spacial score (nSPS) is 27.0. The number of hydrogen-bond acceptors (Lipinski definition) is 6. The first-order valence-corrected chi connectivity index (χ1v) is 12.6. The molecule has 1 saturated carbocycles. The van der Waals surface area contributed by atoms with Gasteiger partial charge in [-0.05, 0) is 76.9 Å². The van der Waals surface area contributed by atoms with Crippen LogP contribution in [0.15, 0.2) is 12.4 Å². The van der Waals surface area contributed by atoms with Crippen LogP contribution in [0.1, 0.15) is 83.6 Å². The summed E-state index contributed by atoms with van der Waals surface area (Å²) in [4.78, 5) is 25.4. The second-order valence-corrected chi connectivity index (χ2v) is 10.1. The number of Topliss-reactive ketones (excluding diaryl/α,β-unsaturated/α-hetero) is 1. The van der Waals surface area contributed by atoms with Crippen LogP contribution in [0.4, 0.5) is 5.95 Å². The predicted octanol–water partition coefficient (Wildman–Crippen LogP) is 3.77. The lowest BCUT2D eigenvalue weighted by atomic mass is 9.81. The molecule has 1 aromatic heterocycles. The van der Waals surface area contributed by atoms with E-state index in [0.717, 1.165) is 51.4 Å². The molecule has 2 bridgehead atoms. The molecule has 2 unspecified atom stereocenters. The molecule has 6 nitrogen and oxygen atoms in total. The van der Waals surface area contributed by atoms with Crippen molar-refractivity contribution in [1.82, 2.24) is 20.2 Å². The Labute approximate surface area is 188 Å². The van der Waals surface area contributed by atoms with Crippen LogP contribution in [0.2, 0.25) is 0 Å². The van der Waals surface area contributed by atoms with E-state index in [2.05, 4.69) is 41.4 Å². The van der Waals surface area contributed by atoms with Crippen molar-refractivity contribution in [2.75, 3.05) is 31.1 Å². The summed E-state index contributed by atoms with van der Waals surface area (Å²) >= 11 is 0. The van der Waals surface area contributed by atoms with Crippen LogP contribution in [0, 0.1) is 5.92 Å². The zero-order chi connectivity index (χ0) is 21.8. The summed E-state index contributed by atoms with van der Waals surface area (Å²) in [6.45, 7) is 11.1. The van der Waals surface area contributed by atoms with Gasteiger partial charge in [0, 0.05) is 55.9 Å². The summed E-state index contributed by atoms with van der Waals surface area (Å²) < 4.78 is 0. The van der Waals surface area contributed by atoms with Gasteiger partial charge >= 0.3 is 0 Å². The molecule has 6 heteroatoms. The predicted molar refractivity (Wildman–Crippen MR) is 126 cm³/mol. The number of carbonyl (C=O) groups excluding carboxylic acids is 1. The number of anilines is 1. The molecule has 3 aliphatic heterocycles. The number of fused-ring (bicyclic) bond motifs is 2. The average Bonchev–Trinajstić information content (AvgIpc) is 3.02. The first-order valence-electron chi connectivity index (χ1n) is 12.6.